The molecular weight excluding hydrogens is 234 g/mol. The highest BCUT2D eigenvalue weighted by atomic mass is 16.5. The summed E-state index contributed by atoms with van der Waals surface area (Å²) in [6.45, 7) is 0. The Labute approximate surface area is 107 Å². The van der Waals surface area contributed by atoms with Crippen molar-refractivity contribution < 1.29 is 19.1 Å². The number of esters is 2. The number of methoxy groups -OCH3 is 2. The van der Waals surface area contributed by atoms with Gasteiger partial charge in [0.15, 0.2) is 0 Å². The zero-order valence-electron chi connectivity index (χ0n) is 11.0. The first-order chi connectivity index (χ1) is 8.62. The molecule has 2 atom stereocenters. The van der Waals surface area contributed by atoms with Crippen molar-refractivity contribution in [2.45, 2.75) is 50.1 Å². The predicted octanol–water partition coefficient (Wildman–Crippen LogP) is 1.01. The Morgan fingerprint density at radius 1 is 1.06 bits per heavy atom. The second kappa shape index (κ2) is 5.26. The Balaban J connectivity index is 2.16. The van der Waals surface area contributed by atoms with Gasteiger partial charge in [0.2, 0.25) is 0 Å². The van der Waals surface area contributed by atoms with Crippen molar-refractivity contribution in [3.8, 4) is 0 Å². The van der Waals surface area contributed by atoms with Crippen LogP contribution in [0.15, 0.2) is 0 Å². The molecule has 0 radical (unpaired) electrons. The van der Waals surface area contributed by atoms with Gasteiger partial charge < -0.3 is 9.47 Å². The van der Waals surface area contributed by atoms with Crippen LogP contribution in [0.25, 0.3) is 0 Å². The maximum atomic E-state index is 11.8. The van der Waals surface area contributed by atoms with Crippen molar-refractivity contribution in [1.82, 2.24) is 5.32 Å². The molecule has 1 N–H and O–H groups in total. The smallest absolute Gasteiger partial charge is 0.323 e. The van der Waals surface area contributed by atoms with Gasteiger partial charge in [-0.05, 0) is 19.3 Å². The van der Waals surface area contributed by atoms with Crippen LogP contribution in [0.3, 0.4) is 0 Å². The van der Waals surface area contributed by atoms with Crippen molar-refractivity contribution in [2.75, 3.05) is 14.2 Å². The third kappa shape index (κ3) is 2.36. The van der Waals surface area contributed by atoms with Crippen molar-refractivity contribution >= 4 is 11.9 Å². The quantitative estimate of drug-likeness (QED) is 0.746. The molecule has 0 aromatic carbocycles. The summed E-state index contributed by atoms with van der Waals surface area (Å²) in [5.41, 5.74) is -0.0734. The summed E-state index contributed by atoms with van der Waals surface area (Å²) in [7, 11) is 2.72. The van der Waals surface area contributed by atoms with Crippen LogP contribution < -0.4 is 5.32 Å². The van der Waals surface area contributed by atoms with Crippen LogP contribution in [0.1, 0.15) is 38.5 Å². The molecule has 5 nitrogen and oxygen atoms in total. The summed E-state index contributed by atoms with van der Waals surface area (Å²) >= 11 is 0. The minimum absolute atomic E-state index is 0.0734. The van der Waals surface area contributed by atoms with Crippen molar-refractivity contribution in [1.29, 1.82) is 0 Å². The minimum atomic E-state index is -0.555. The average molecular weight is 255 g/mol. The Hall–Kier alpha value is -1.10. The van der Waals surface area contributed by atoms with E-state index in [0.29, 0.717) is 6.42 Å². The normalized spacial score (nSPS) is 30.1. The molecule has 5 heteroatoms. The maximum Gasteiger partial charge on any atom is 0.323 e. The number of nitrogens with one attached hydrogen (secondary N) is 1. The van der Waals surface area contributed by atoms with Gasteiger partial charge in [-0.1, -0.05) is 19.3 Å². The fourth-order valence-electron chi connectivity index (χ4n) is 3.33. The van der Waals surface area contributed by atoms with Crippen molar-refractivity contribution in [2.24, 2.45) is 5.92 Å². The van der Waals surface area contributed by atoms with Crippen LogP contribution in [0, 0.1) is 5.92 Å². The Kier molecular flexibility index (Phi) is 3.90. The van der Waals surface area contributed by atoms with E-state index < -0.39 is 12.0 Å². The lowest BCUT2D eigenvalue weighted by Crippen LogP contribution is -2.48. The number of rotatable bonds is 2. The van der Waals surface area contributed by atoms with Crippen molar-refractivity contribution in [3.05, 3.63) is 0 Å². The highest BCUT2D eigenvalue weighted by molar-refractivity contribution is 5.85. The molecule has 102 valence electrons. The summed E-state index contributed by atoms with van der Waals surface area (Å²) in [6.07, 6.45) is 6.25. The van der Waals surface area contributed by atoms with E-state index >= 15 is 0 Å². The van der Waals surface area contributed by atoms with E-state index in [1.807, 2.05) is 0 Å². The summed E-state index contributed by atoms with van der Waals surface area (Å²) in [4.78, 5) is 23.6. The number of carbonyl (C=O) groups excluding carboxylic acids is 2. The van der Waals surface area contributed by atoms with E-state index in [4.69, 9.17) is 9.47 Å². The number of hydrogen-bond acceptors (Lipinski definition) is 5. The second-order valence-corrected chi connectivity index (χ2v) is 5.32. The molecular formula is C13H21NO4. The van der Waals surface area contributed by atoms with E-state index in [1.165, 1.54) is 20.6 Å². The van der Waals surface area contributed by atoms with Gasteiger partial charge in [-0.3, -0.25) is 14.9 Å². The highest BCUT2D eigenvalue weighted by Crippen LogP contribution is 2.40. The Morgan fingerprint density at radius 3 is 2.22 bits per heavy atom. The second-order valence-electron chi connectivity index (χ2n) is 5.32. The lowest BCUT2D eigenvalue weighted by Gasteiger charge is -2.34. The fourth-order valence-corrected chi connectivity index (χ4v) is 3.33. The van der Waals surface area contributed by atoms with Gasteiger partial charge in [0.05, 0.1) is 20.1 Å². The highest BCUT2D eigenvalue weighted by Gasteiger charge is 2.51. The summed E-state index contributed by atoms with van der Waals surface area (Å²) in [6, 6.07) is -0.555. The largest absolute Gasteiger partial charge is 0.469 e. The van der Waals surface area contributed by atoms with Crippen LogP contribution in [0.5, 0.6) is 0 Å². The van der Waals surface area contributed by atoms with E-state index in [2.05, 4.69) is 5.32 Å². The van der Waals surface area contributed by atoms with Gasteiger partial charge in [-0.15, -0.1) is 0 Å². The summed E-state index contributed by atoms with van der Waals surface area (Å²) in [5.74, 6) is -1.10. The third-order valence-electron chi connectivity index (χ3n) is 4.24. The molecule has 1 saturated heterocycles. The molecule has 0 bridgehead atoms. The molecule has 1 aliphatic heterocycles. The van der Waals surface area contributed by atoms with Crippen LogP contribution in [0.2, 0.25) is 0 Å². The standard InChI is InChI=1S/C13H21NO4/c1-17-11(15)9-8-13(6-4-3-5-7-13)14-10(9)12(16)18-2/h9-10,14H,3-8H2,1-2H3. The first-order valence-corrected chi connectivity index (χ1v) is 6.55. The van der Waals surface area contributed by atoms with Crippen LogP contribution in [-0.2, 0) is 19.1 Å². The van der Waals surface area contributed by atoms with Crippen LogP contribution in [0.4, 0.5) is 0 Å². The summed E-state index contributed by atoms with van der Waals surface area (Å²) in [5, 5.41) is 3.35. The monoisotopic (exact) mass is 255 g/mol. The minimum Gasteiger partial charge on any atom is -0.469 e. The number of ether oxygens (including phenoxy) is 2. The Morgan fingerprint density at radius 2 is 1.67 bits per heavy atom. The first-order valence-electron chi connectivity index (χ1n) is 6.55. The summed E-state index contributed by atoms with van der Waals surface area (Å²) < 4.78 is 9.59. The molecule has 1 heterocycles. The number of hydrogen-bond donors (Lipinski definition) is 1. The number of carbonyl (C=O) groups is 2. The predicted molar refractivity (Wildman–Crippen MR) is 64.9 cm³/mol. The molecule has 2 rings (SSSR count). The zero-order chi connectivity index (χ0) is 13.2. The van der Waals surface area contributed by atoms with Crippen LogP contribution in [-0.4, -0.2) is 37.7 Å². The zero-order valence-corrected chi connectivity index (χ0v) is 11.0. The maximum absolute atomic E-state index is 11.8. The van der Waals surface area contributed by atoms with Gasteiger partial charge in [-0.2, -0.15) is 0 Å². The lowest BCUT2D eigenvalue weighted by atomic mass is 9.79. The van der Waals surface area contributed by atoms with Crippen LogP contribution >= 0.6 is 0 Å². The van der Waals surface area contributed by atoms with Gasteiger partial charge >= 0.3 is 11.9 Å². The van der Waals surface area contributed by atoms with Gasteiger partial charge in [-0.25, -0.2) is 0 Å². The molecule has 18 heavy (non-hydrogen) atoms. The van der Waals surface area contributed by atoms with Gasteiger partial charge in [0, 0.05) is 5.54 Å². The molecule has 1 saturated carbocycles. The molecule has 2 aliphatic rings. The topological polar surface area (TPSA) is 64.6 Å². The molecule has 0 aromatic heterocycles. The molecule has 2 fully saturated rings. The molecule has 0 aromatic rings. The van der Waals surface area contributed by atoms with Gasteiger partial charge in [0.1, 0.15) is 6.04 Å². The third-order valence-corrected chi connectivity index (χ3v) is 4.24. The first kappa shape index (κ1) is 13.3. The molecule has 1 spiro atoms. The van der Waals surface area contributed by atoms with Crippen molar-refractivity contribution in [3.63, 3.8) is 0 Å². The molecule has 1 aliphatic carbocycles. The average Bonchev–Trinajstić information content (AvgIpc) is 2.77. The molecule has 0 amide bonds. The fraction of sp³-hybridized carbons (Fsp3) is 0.846. The van der Waals surface area contributed by atoms with Gasteiger partial charge in [0.25, 0.3) is 0 Å². The van der Waals surface area contributed by atoms with E-state index in [9.17, 15) is 9.59 Å². The van der Waals surface area contributed by atoms with E-state index in [0.717, 1.165) is 25.7 Å². The van der Waals surface area contributed by atoms with E-state index in [1.54, 1.807) is 0 Å². The molecule has 2 unspecified atom stereocenters. The Bertz CT molecular complexity index is 310. The van der Waals surface area contributed by atoms with E-state index in [-0.39, 0.29) is 17.5 Å². The lowest BCUT2D eigenvalue weighted by molar-refractivity contribution is -0.153. The SMILES string of the molecule is COC(=O)C1CC2(CCCCC2)NC1C(=O)OC.